The predicted octanol–water partition coefficient (Wildman–Crippen LogP) is 3.47. The van der Waals surface area contributed by atoms with E-state index in [4.69, 9.17) is 0 Å². The Bertz CT molecular complexity index is 364. The summed E-state index contributed by atoms with van der Waals surface area (Å²) in [5.41, 5.74) is 0.613. The molecule has 3 nitrogen and oxygen atoms in total. The second-order valence-corrected chi connectivity index (χ2v) is 5.29. The molecule has 0 heterocycles. The highest BCUT2D eigenvalue weighted by Gasteiger charge is 2.19. The summed E-state index contributed by atoms with van der Waals surface area (Å²) in [6.45, 7) is 2.00. The van der Waals surface area contributed by atoms with Crippen molar-refractivity contribution in [1.82, 2.24) is 5.32 Å². The van der Waals surface area contributed by atoms with Crippen molar-refractivity contribution in [2.75, 3.05) is 0 Å². The van der Waals surface area contributed by atoms with Crippen LogP contribution in [0.25, 0.3) is 0 Å². The smallest absolute Gasteiger partial charge is 0.124 e. The molecule has 0 amide bonds. The first-order chi connectivity index (χ1) is 8.68. The van der Waals surface area contributed by atoms with Gasteiger partial charge in [0.05, 0.1) is 5.56 Å². The number of aromatic hydroxyl groups is 2. The molecule has 1 fully saturated rings. The molecule has 1 atom stereocenters. The Morgan fingerprint density at radius 3 is 2.17 bits per heavy atom. The van der Waals surface area contributed by atoms with Crippen molar-refractivity contribution >= 4 is 0 Å². The maximum atomic E-state index is 9.85. The maximum Gasteiger partial charge on any atom is 0.124 e. The molecule has 1 aliphatic carbocycles. The van der Waals surface area contributed by atoms with Crippen LogP contribution in [0.5, 0.6) is 11.5 Å². The molecule has 100 valence electrons. The average molecular weight is 249 g/mol. The molecule has 1 saturated carbocycles. The summed E-state index contributed by atoms with van der Waals surface area (Å²) in [5.74, 6) is 0.340. The highest BCUT2D eigenvalue weighted by molar-refractivity contribution is 5.44. The zero-order valence-corrected chi connectivity index (χ0v) is 11.0. The van der Waals surface area contributed by atoms with Gasteiger partial charge in [0.2, 0.25) is 0 Å². The van der Waals surface area contributed by atoms with Crippen molar-refractivity contribution in [1.29, 1.82) is 0 Å². The first kappa shape index (κ1) is 13.2. The lowest BCUT2D eigenvalue weighted by molar-refractivity contribution is 0.381. The van der Waals surface area contributed by atoms with Crippen LogP contribution in [-0.2, 0) is 0 Å². The van der Waals surface area contributed by atoms with E-state index < -0.39 is 0 Å². The summed E-state index contributed by atoms with van der Waals surface area (Å²) < 4.78 is 0. The van der Waals surface area contributed by atoms with Gasteiger partial charge < -0.3 is 15.5 Å². The summed E-state index contributed by atoms with van der Waals surface area (Å²) in [6, 6.07) is 5.39. The van der Waals surface area contributed by atoms with E-state index >= 15 is 0 Å². The number of phenolic OH excluding ortho intramolecular Hbond substituents is 2. The van der Waals surface area contributed by atoms with Crippen molar-refractivity contribution < 1.29 is 10.2 Å². The van der Waals surface area contributed by atoms with Gasteiger partial charge in [0, 0.05) is 12.1 Å². The van der Waals surface area contributed by atoms with E-state index in [1.165, 1.54) is 38.5 Å². The molecule has 0 saturated heterocycles. The van der Waals surface area contributed by atoms with Gasteiger partial charge in [0.25, 0.3) is 0 Å². The van der Waals surface area contributed by atoms with E-state index in [-0.39, 0.29) is 17.5 Å². The summed E-state index contributed by atoms with van der Waals surface area (Å²) >= 11 is 0. The Labute approximate surface area is 109 Å². The fourth-order valence-corrected chi connectivity index (χ4v) is 2.87. The normalized spacial score (nSPS) is 19.4. The topological polar surface area (TPSA) is 52.5 Å². The van der Waals surface area contributed by atoms with E-state index in [0.29, 0.717) is 11.6 Å². The van der Waals surface area contributed by atoms with Gasteiger partial charge in [-0.2, -0.15) is 0 Å². The summed E-state index contributed by atoms with van der Waals surface area (Å²) in [6.07, 6.45) is 7.59. The molecule has 1 aromatic rings. The molecule has 1 aromatic carbocycles. The molecule has 0 bridgehead atoms. The van der Waals surface area contributed by atoms with E-state index in [1.54, 1.807) is 18.2 Å². The van der Waals surface area contributed by atoms with Gasteiger partial charge in [-0.3, -0.25) is 0 Å². The number of rotatable bonds is 3. The lowest BCUT2D eigenvalue weighted by atomic mass is 10.0. The van der Waals surface area contributed by atoms with E-state index in [9.17, 15) is 10.2 Å². The number of hydrogen-bond acceptors (Lipinski definition) is 3. The van der Waals surface area contributed by atoms with Crippen LogP contribution in [0.4, 0.5) is 0 Å². The predicted molar refractivity (Wildman–Crippen MR) is 72.8 cm³/mol. The highest BCUT2D eigenvalue weighted by atomic mass is 16.3. The molecule has 3 heteroatoms. The second-order valence-electron chi connectivity index (χ2n) is 5.29. The quantitative estimate of drug-likeness (QED) is 0.719. The number of phenols is 2. The zero-order chi connectivity index (χ0) is 13.0. The van der Waals surface area contributed by atoms with Crippen LogP contribution in [0.2, 0.25) is 0 Å². The molecule has 3 N–H and O–H groups in total. The Kier molecular flexibility index (Phi) is 4.48. The van der Waals surface area contributed by atoms with Crippen molar-refractivity contribution in [3.05, 3.63) is 23.8 Å². The van der Waals surface area contributed by atoms with E-state index in [0.717, 1.165) is 0 Å². The lowest BCUT2D eigenvalue weighted by Gasteiger charge is -2.23. The third-order valence-electron chi connectivity index (χ3n) is 3.83. The van der Waals surface area contributed by atoms with Crippen molar-refractivity contribution in [3.63, 3.8) is 0 Å². The van der Waals surface area contributed by atoms with Gasteiger partial charge >= 0.3 is 0 Å². The van der Waals surface area contributed by atoms with Gasteiger partial charge in [0.1, 0.15) is 11.5 Å². The van der Waals surface area contributed by atoms with Gasteiger partial charge in [-0.05, 0) is 31.9 Å². The second kappa shape index (κ2) is 6.10. The first-order valence-corrected chi connectivity index (χ1v) is 6.95. The summed E-state index contributed by atoms with van der Waals surface area (Å²) in [5, 5.41) is 23.2. The highest BCUT2D eigenvalue weighted by Crippen LogP contribution is 2.33. The number of benzene rings is 1. The molecule has 0 aromatic heterocycles. The van der Waals surface area contributed by atoms with Crippen LogP contribution in [0.15, 0.2) is 18.2 Å². The van der Waals surface area contributed by atoms with Crippen molar-refractivity contribution in [3.8, 4) is 11.5 Å². The Hall–Kier alpha value is -1.22. The molecule has 0 radical (unpaired) electrons. The Morgan fingerprint density at radius 2 is 1.61 bits per heavy atom. The first-order valence-electron chi connectivity index (χ1n) is 6.95. The van der Waals surface area contributed by atoms with Crippen molar-refractivity contribution in [2.24, 2.45) is 0 Å². The molecule has 1 aliphatic rings. The third-order valence-corrected chi connectivity index (χ3v) is 3.83. The average Bonchev–Trinajstić information content (AvgIpc) is 2.57. The fourth-order valence-electron chi connectivity index (χ4n) is 2.87. The van der Waals surface area contributed by atoms with E-state index in [1.807, 2.05) is 6.92 Å². The number of nitrogens with one attached hydrogen (secondary N) is 1. The summed E-state index contributed by atoms with van der Waals surface area (Å²) in [7, 11) is 0. The maximum absolute atomic E-state index is 9.85. The minimum Gasteiger partial charge on any atom is -0.507 e. The molecular weight excluding hydrogens is 226 g/mol. The minimum atomic E-state index is -0.0192. The van der Waals surface area contributed by atoms with Crippen LogP contribution in [-0.4, -0.2) is 16.3 Å². The van der Waals surface area contributed by atoms with Crippen LogP contribution >= 0.6 is 0 Å². The van der Waals surface area contributed by atoms with Gasteiger partial charge in [-0.15, -0.1) is 0 Å². The lowest BCUT2D eigenvalue weighted by Crippen LogP contribution is -2.31. The number of hydrogen-bond donors (Lipinski definition) is 3. The van der Waals surface area contributed by atoms with Crippen LogP contribution in [0.1, 0.15) is 57.1 Å². The van der Waals surface area contributed by atoms with Gasteiger partial charge in [0.15, 0.2) is 0 Å². The largest absolute Gasteiger partial charge is 0.507 e. The third kappa shape index (κ3) is 3.16. The van der Waals surface area contributed by atoms with Gasteiger partial charge in [-0.1, -0.05) is 31.7 Å². The van der Waals surface area contributed by atoms with Gasteiger partial charge in [-0.25, -0.2) is 0 Å². The van der Waals surface area contributed by atoms with E-state index in [2.05, 4.69) is 5.32 Å². The molecule has 0 spiro atoms. The van der Waals surface area contributed by atoms with Crippen LogP contribution < -0.4 is 5.32 Å². The Morgan fingerprint density at radius 1 is 1.06 bits per heavy atom. The summed E-state index contributed by atoms with van der Waals surface area (Å²) in [4.78, 5) is 0. The molecule has 0 aliphatic heterocycles. The molecule has 1 unspecified atom stereocenters. The SMILES string of the molecule is CC(NC1CCCCCC1)c1c(O)cccc1O. The molecule has 18 heavy (non-hydrogen) atoms. The minimum absolute atomic E-state index is 0.0192. The Balaban J connectivity index is 2.04. The molecule has 2 rings (SSSR count). The molecular formula is C15H23NO2. The monoisotopic (exact) mass is 249 g/mol. The standard InChI is InChI=1S/C15H23NO2/c1-11(15-13(17)9-6-10-14(15)18)16-12-7-4-2-3-5-8-12/h6,9-12,16-18H,2-5,7-8H2,1H3. The van der Waals surface area contributed by atoms with Crippen LogP contribution in [0, 0.1) is 0 Å². The fraction of sp³-hybridized carbons (Fsp3) is 0.600. The van der Waals surface area contributed by atoms with Crippen LogP contribution in [0.3, 0.4) is 0 Å². The zero-order valence-electron chi connectivity index (χ0n) is 11.0. The van der Waals surface area contributed by atoms with Crippen molar-refractivity contribution in [2.45, 2.75) is 57.5 Å².